The Morgan fingerprint density at radius 2 is 1.68 bits per heavy atom. The summed E-state index contributed by atoms with van der Waals surface area (Å²) in [4.78, 5) is 1.39. The number of rotatable bonds is 3. The van der Waals surface area contributed by atoms with Gasteiger partial charge in [0.25, 0.3) is 0 Å². The number of hydrogen-bond donors (Lipinski definition) is 1. The van der Waals surface area contributed by atoms with Gasteiger partial charge in [0.1, 0.15) is 0 Å². The average Bonchev–Trinajstić information content (AvgIpc) is 2.40. The van der Waals surface area contributed by atoms with Crippen LogP contribution in [-0.4, -0.2) is 11.3 Å². The lowest BCUT2D eigenvalue weighted by atomic mass is 9.55. The molecule has 1 aromatic rings. The molecule has 0 aliphatic heterocycles. The van der Waals surface area contributed by atoms with Crippen LogP contribution in [-0.2, 0) is 0 Å². The second kappa shape index (κ2) is 5.14. The lowest BCUT2D eigenvalue weighted by Gasteiger charge is -2.57. The van der Waals surface area contributed by atoms with Gasteiger partial charge in [-0.2, -0.15) is 0 Å². The molecule has 0 aromatic heterocycles. The molecule has 2 fully saturated rings. The summed E-state index contributed by atoms with van der Waals surface area (Å²) in [5.74, 6) is 0. The first-order chi connectivity index (χ1) is 9.15. The molecule has 1 nitrogen and oxygen atoms in total. The van der Waals surface area contributed by atoms with Crippen molar-refractivity contribution in [3.8, 4) is 0 Å². The fraction of sp³-hybridized carbons (Fsp3) is 0.647. The third kappa shape index (κ3) is 2.71. The molecule has 0 heterocycles. The Bertz CT molecular complexity index is 423. The predicted octanol–water partition coefficient (Wildman–Crippen LogP) is 4.53. The Labute approximate surface area is 121 Å². The highest BCUT2D eigenvalue weighted by Gasteiger charge is 2.53. The molecule has 2 N–H and O–H groups in total. The second-order valence-electron chi connectivity index (χ2n) is 6.72. The maximum absolute atomic E-state index is 6.12. The van der Waals surface area contributed by atoms with Crippen molar-refractivity contribution in [1.29, 1.82) is 0 Å². The van der Waals surface area contributed by atoms with E-state index in [0.717, 1.165) is 6.54 Å². The fourth-order valence-electron chi connectivity index (χ4n) is 4.08. The van der Waals surface area contributed by atoms with Gasteiger partial charge in [0.15, 0.2) is 0 Å². The molecule has 3 rings (SSSR count). The minimum absolute atomic E-state index is 0.326. The van der Waals surface area contributed by atoms with Crippen LogP contribution in [0, 0.1) is 12.3 Å². The summed E-state index contributed by atoms with van der Waals surface area (Å²) in [6.45, 7) is 2.97. The molecule has 2 aliphatic rings. The molecule has 2 heteroatoms. The third-order valence-electron chi connectivity index (χ3n) is 5.04. The highest BCUT2D eigenvalue weighted by Crippen LogP contribution is 2.62. The zero-order chi connectivity index (χ0) is 13.3. The van der Waals surface area contributed by atoms with Gasteiger partial charge in [0.2, 0.25) is 0 Å². The van der Waals surface area contributed by atoms with E-state index in [-0.39, 0.29) is 0 Å². The first kappa shape index (κ1) is 13.5. The molecular weight excluding hydrogens is 250 g/mol. The van der Waals surface area contributed by atoms with Crippen molar-refractivity contribution in [1.82, 2.24) is 0 Å². The van der Waals surface area contributed by atoms with E-state index >= 15 is 0 Å². The maximum Gasteiger partial charge on any atom is 0.0339 e. The van der Waals surface area contributed by atoms with Gasteiger partial charge in [-0.15, -0.1) is 11.8 Å². The second-order valence-corrected chi connectivity index (χ2v) is 8.26. The Kier molecular flexibility index (Phi) is 3.65. The van der Waals surface area contributed by atoms with Crippen LogP contribution in [0.2, 0.25) is 0 Å². The Hall–Kier alpha value is -0.470. The van der Waals surface area contributed by atoms with Gasteiger partial charge in [-0.25, -0.2) is 0 Å². The van der Waals surface area contributed by atoms with E-state index in [9.17, 15) is 0 Å². The van der Waals surface area contributed by atoms with Crippen LogP contribution in [0.1, 0.15) is 50.5 Å². The molecule has 0 bridgehead atoms. The molecule has 1 aromatic carbocycles. The lowest BCUT2D eigenvalue weighted by molar-refractivity contribution is 0.0402. The SMILES string of the molecule is Cc1ccc(SC2(CN)CC3(CCCCC3)C2)cc1. The highest BCUT2D eigenvalue weighted by molar-refractivity contribution is 8.00. The van der Waals surface area contributed by atoms with Crippen molar-refractivity contribution in [2.24, 2.45) is 11.1 Å². The van der Waals surface area contributed by atoms with Gasteiger partial charge >= 0.3 is 0 Å². The third-order valence-corrected chi connectivity index (χ3v) is 6.43. The zero-order valence-electron chi connectivity index (χ0n) is 12.0. The lowest BCUT2D eigenvalue weighted by Crippen LogP contribution is -2.54. The molecule has 0 unspecified atom stereocenters. The molecule has 0 radical (unpaired) electrons. The first-order valence-electron chi connectivity index (χ1n) is 7.61. The van der Waals surface area contributed by atoms with Crippen LogP contribution in [0.5, 0.6) is 0 Å². The Balaban J connectivity index is 1.67. The monoisotopic (exact) mass is 275 g/mol. The van der Waals surface area contributed by atoms with E-state index < -0.39 is 0 Å². The highest BCUT2D eigenvalue weighted by atomic mass is 32.2. The normalized spacial score (nSPS) is 24.1. The Morgan fingerprint density at radius 3 is 2.26 bits per heavy atom. The number of nitrogens with two attached hydrogens (primary N) is 1. The molecule has 0 amide bonds. The van der Waals surface area contributed by atoms with Crippen LogP contribution < -0.4 is 5.73 Å². The largest absolute Gasteiger partial charge is 0.329 e. The van der Waals surface area contributed by atoms with Crippen molar-refractivity contribution in [2.45, 2.75) is 61.5 Å². The van der Waals surface area contributed by atoms with Crippen molar-refractivity contribution in [3.05, 3.63) is 29.8 Å². The van der Waals surface area contributed by atoms with E-state index in [1.54, 1.807) is 0 Å². The van der Waals surface area contributed by atoms with Crippen LogP contribution in [0.15, 0.2) is 29.2 Å². The van der Waals surface area contributed by atoms with E-state index in [2.05, 4.69) is 31.2 Å². The zero-order valence-corrected chi connectivity index (χ0v) is 12.8. The summed E-state index contributed by atoms with van der Waals surface area (Å²) in [6, 6.07) is 8.93. The summed E-state index contributed by atoms with van der Waals surface area (Å²) in [6.07, 6.45) is 9.91. The van der Waals surface area contributed by atoms with Gasteiger partial charge in [0, 0.05) is 16.2 Å². The molecular formula is C17H25NS. The van der Waals surface area contributed by atoms with Gasteiger partial charge in [-0.3, -0.25) is 0 Å². The summed E-state index contributed by atoms with van der Waals surface area (Å²) in [7, 11) is 0. The standard InChI is InChI=1S/C17H25NS/c1-14-5-7-15(8-6-14)19-17(13-18)11-16(12-17)9-3-2-4-10-16/h5-8H,2-4,9-13,18H2,1H3. The van der Waals surface area contributed by atoms with Crippen molar-refractivity contribution < 1.29 is 0 Å². The smallest absolute Gasteiger partial charge is 0.0339 e. The van der Waals surface area contributed by atoms with Crippen LogP contribution in [0.4, 0.5) is 0 Å². The van der Waals surface area contributed by atoms with Crippen LogP contribution in [0.3, 0.4) is 0 Å². The number of aryl methyl sites for hydroxylation is 1. The average molecular weight is 275 g/mol. The van der Waals surface area contributed by atoms with Gasteiger partial charge in [-0.1, -0.05) is 37.0 Å². The molecule has 0 saturated heterocycles. The number of hydrogen-bond acceptors (Lipinski definition) is 2. The summed E-state index contributed by atoms with van der Waals surface area (Å²) in [5, 5.41) is 0. The predicted molar refractivity (Wildman–Crippen MR) is 83.6 cm³/mol. The van der Waals surface area contributed by atoms with E-state index in [1.165, 1.54) is 55.4 Å². The van der Waals surface area contributed by atoms with Gasteiger partial charge in [0.05, 0.1) is 0 Å². The number of thioether (sulfide) groups is 1. The van der Waals surface area contributed by atoms with Gasteiger partial charge < -0.3 is 5.73 Å². The minimum Gasteiger partial charge on any atom is -0.329 e. The van der Waals surface area contributed by atoms with Crippen molar-refractivity contribution in [3.63, 3.8) is 0 Å². The minimum atomic E-state index is 0.326. The topological polar surface area (TPSA) is 26.0 Å². The molecule has 2 aliphatic carbocycles. The van der Waals surface area contributed by atoms with Crippen molar-refractivity contribution in [2.75, 3.05) is 6.54 Å². The molecule has 0 atom stereocenters. The maximum atomic E-state index is 6.12. The number of benzene rings is 1. The van der Waals surface area contributed by atoms with E-state index in [0.29, 0.717) is 10.2 Å². The summed E-state index contributed by atoms with van der Waals surface area (Å²) < 4.78 is 0.326. The molecule has 1 spiro atoms. The molecule has 19 heavy (non-hydrogen) atoms. The van der Waals surface area contributed by atoms with E-state index in [4.69, 9.17) is 5.73 Å². The van der Waals surface area contributed by atoms with E-state index in [1.807, 2.05) is 11.8 Å². The summed E-state index contributed by atoms with van der Waals surface area (Å²) >= 11 is 2.03. The quantitative estimate of drug-likeness (QED) is 0.877. The molecule has 2 saturated carbocycles. The van der Waals surface area contributed by atoms with Crippen molar-refractivity contribution >= 4 is 11.8 Å². The Morgan fingerprint density at radius 1 is 1.05 bits per heavy atom. The summed E-state index contributed by atoms with van der Waals surface area (Å²) in [5.41, 5.74) is 8.11. The van der Waals surface area contributed by atoms with Crippen LogP contribution in [0.25, 0.3) is 0 Å². The first-order valence-corrected chi connectivity index (χ1v) is 8.43. The fourth-order valence-corrected chi connectivity index (χ4v) is 5.70. The van der Waals surface area contributed by atoms with Gasteiger partial charge in [-0.05, 0) is 50.2 Å². The van der Waals surface area contributed by atoms with Crippen LogP contribution >= 0.6 is 11.8 Å². The molecule has 104 valence electrons.